The van der Waals surface area contributed by atoms with Crippen molar-refractivity contribution in [1.29, 1.82) is 0 Å². The summed E-state index contributed by atoms with van der Waals surface area (Å²) in [6.07, 6.45) is 0.785. The molecular formula is C21H18ClN5O3. The Kier molecular flexibility index (Phi) is 4.63. The average Bonchev–Trinajstić information content (AvgIpc) is 3.47. The molecule has 30 heavy (non-hydrogen) atoms. The van der Waals surface area contributed by atoms with Crippen LogP contribution < -0.4 is 5.32 Å². The van der Waals surface area contributed by atoms with E-state index in [1.807, 2.05) is 24.3 Å². The molecular weight excluding hydrogens is 406 g/mol. The van der Waals surface area contributed by atoms with E-state index in [0.717, 1.165) is 11.9 Å². The third-order valence-electron chi connectivity index (χ3n) is 5.07. The summed E-state index contributed by atoms with van der Waals surface area (Å²) in [5.41, 5.74) is 2.53. The van der Waals surface area contributed by atoms with E-state index in [-0.39, 0.29) is 11.9 Å². The van der Waals surface area contributed by atoms with Crippen LogP contribution in [0.25, 0.3) is 22.6 Å². The normalized spacial score (nSPS) is 16.3. The van der Waals surface area contributed by atoms with Gasteiger partial charge in [0.15, 0.2) is 11.4 Å². The first-order valence-corrected chi connectivity index (χ1v) is 9.96. The van der Waals surface area contributed by atoms with E-state index in [0.29, 0.717) is 52.6 Å². The summed E-state index contributed by atoms with van der Waals surface area (Å²) in [4.78, 5) is 23.7. The standard InChI is InChI=1S/C21H18ClN5O3/c1-12-23-19(30-26-12)15-4-2-3-5-16(15)20(28)27-9-8-14(11-27)24-21-25-17-7-6-13(22)10-18(17)29-21/h2-7,10,14H,8-9,11H2,1H3,(H,24,25)/t14-/m1/s1. The highest BCUT2D eigenvalue weighted by Crippen LogP contribution is 2.27. The van der Waals surface area contributed by atoms with Crippen LogP contribution in [0.5, 0.6) is 0 Å². The van der Waals surface area contributed by atoms with Crippen molar-refractivity contribution in [1.82, 2.24) is 20.0 Å². The van der Waals surface area contributed by atoms with E-state index in [9.17, 15) is 4.79 Å². The first-order valence-electron chi connectivity index (χ1n) is 9.58. The van der Waals surface area contributed by atoms with E-state index in [1.165, 1.54) is 0 Å². The summed E-state index contributed by atoms with van der Waals surface area (Å²) in [5, 5.41) is 7.70. The molecule has 9 heteroatoms. The second kappa shape index (κ2) is 7.46. The van der Waals surface area contributed by atoms with Gasteiger partial charge in [0.1, 0.15) is 5.52 Å². The molecule has 4 aromatic rings. The molecule has 2 aromatic carbocycles. The lowest BCUT2D eigenvalue weighted by Gasteiger charge is -2.18. The van der Waals surface area contributed by atoms with Gasteiger partial charge in [0.2, 0.25) is 0 Å². The number of rotatable bonds is 4. The van der Waals surface area contributed by atoms with Gasteiger partial charge in [-0.25, -0.2) is 0 Å². The van der Waals surface area contributed by atoms with Gasteiger partial charge in [-0.3, -0.25) is 4.79 Å². The van der Waals surface area contributed by atoms with Crippen molar-refractivity contribution in [2.24, 2.45) is 0 Å². The maximum absolute atomic E-state index is 13.2. The molecule has 1 aliphatic rings. The quantitative estimate of drug-likeness (QED) is 0.526. The second-order valence-electron chi connectivity index (χ2n) is 7.20. The van der Waals surface area contributed by atoms with Crippen LogP contribution in [0.4, 0.5) is 6.01 Å². The number of likely N-dealkylation sites (tertiary alicyclic amines) is 1. The van der Waals surface area contributed by atoms with Gasteiger partial charge < -0.3 is 19.2 Å². The highest BCUT2D eigenvalue weighted by molar-refractivity contribution is 6.31. The van der Waals surface area contributed by atoms with Gasteiger partial charge in [0, 0.05) is 30.2 Å². The fraction of sp³-hybridized carbons (Fsp3) is 0.238. The van der Waals surface area contributed by atoms with Crippen molar-refractivity contribution in [2.45, 2.75) is 19.4 Å². The summed E-state index contributed by atoms with van der Waals surface area (Å²) in [7, 11) is 0. The Bertz CT molecular complexity index is 1230. The van der Waals surface area contributed by atoms with Gasteiger partial charge in [-0.1, -0.05) is 28.9 Å². The number of halogens is 1. The fourth-order valence-electron chi connectivity index (χ4n) is 3.63. The summed E-state index contributed by atoms with van der Waals surface area (Å²) in [6.45, 7) is 2.91. The number of hydrogen-bond acceptors (Lipinski definition) is 7. The molecule has 0 radical (unpaired) electrons. The minimum Gasteiger partial charge on any atom is -0.423 e. The highest BCUT2D eigenvalue weighted by Gasteiger charge is 2.29. The van der Waals surface area contributed by atoms with Crippen LogP contribution in [-0.4, -0.2) is 45.1 Å². The maximum Gasteiger partial charge on any atom is 0.295 e. The zero-order valence-electron chi connectivity index (χ0n) is 16.1. The topological polar surface area (TPSA) is 97.3 Å². The van der Waals surface area contributed by atoms with Crippen LogP contribution in [-0.2, 0) is 0 Å². The number of amides is 1. The predicted octanol–water partition coefficient (Wildman–Crippen LogP) is 4.17. The molecule has 0 aliphatic carbocycles. The van der Waals surface area contributed by atoms with Crippen molar-refractivity contribution < 1.29 is 13.7 Å². The minimum atomic E-state index is -0.0740. The van der Waals surface area contributed by atoms with E-state index < -0.39 is 0 Å². The number of fused-ring (bicyclic) bond motifs is 1. The predicted molar refractivity (Wildman–Crippen MR) is 111 cm³/mol. The highest BCUT2D eigenvalue weighted by atomic mass is 35.5. The van der Waals surface area contributed by atoms with Crippen molar-refractivity contribution in [3.63, 3.8) is 0 Å². The molecule has 1 aliphatic heterocycles. The Hall–Kier alpha value is -3.39. The molecule has 1 fully saturated rings. The summed E-state index contributed by atoms with van der Waals surface area (Å²) >= 11 is 6.00. The fourth-order valence-corrected chi connectivity index (χ4v) is 3.79. The molecule has 8 nitrogen and oxygen atoms in total. The lowest BCUT2D eigenvalue weighted by atomic mass is 10.1. The van der Waals surface area contributed by atoms with Crippen LogP contribution in [0, 0.1) is 6.92 Å². The number of anilines is 1. The number of oxazole rings is 1. The zero-order chi connectivity index (χ0) is 20.7. The van der Waals surface area contributed by atoms with Crippen LogP contribution in [0.2, 0.25) is 5.02 Å². The van der Waals surface area contributed by atoms with Gasteiger partial charge in [0.05, 0.1) is 11.1 Å². The Morgan fingerprint density at radius 3 is 2.93 bits per heavy atom. The van der Waals surface area contributed by atoms with Crippen LogP contribution in [0.3, 0.4) is 0 Å². The molecule has 1 atom stereocenters. The monoisotopic (exact) mass is 423 g/mol. The maximum atomic E-state index is 13.2. The van der Waals surface area contributed by atoms with E-state index in [1.54, 1.807) is 30.0 Å². The van der Waals surface area contributed by atoms with Gasteiger partial charge in [0.25, 0.3) is 17.8 Å². The Balaban J connectivity index is 1.31. The third-order valence-corrected chi connectivity index (χ3v) is 5.30. The molecule has 1 amide bonds. The van der Waals surface area contributed by atoms with Crippen LogP contribution in [0.1, 0.15) is 22.6 Å². The molecule has 1 N–H and O–H groups in total. The molecule has 0 spiro atoms. The van der Waals surface area contributed by atoms with Gasteiger partial charge in [-0.15, -0.1) is 0 Å². The zero-order valence-corrected chi connectivity index (χ0v) is 16.9. The Morgan fingerprint density at radius 2 is 2.10 bits per heavy atom. The first kappa shape index (κ1) is 18.6. The minimum absolute atomic E-state index is 0.0373. The molecule has 0 unspecified atom stereocenters. The second-order valence-corrected chi connectivity index (χ2v) is 7.64. The number of hydrogen-bond donors (Lipinski definition) is 1. The summed E-state index contributed by atoms with van der Waals surface area (Å²) < 4.78 is 11.0. The van der Waals surface area contributed by atoms with Crippen LogP contribution >= 0.6 is 11.6 Å². The van der Waals surface area contributed by atoms with Crippen molar-refractivity contribution in [2.75, 3.05) is 18.4 Å². The Labute approximate surface area is 176 Å². The van der Waals surface area contributed by atoms with Crippen molar-refractivity contribution in [3.05, 3.63) is 58.9 Å². The molecule has 152 valence electrons. The van der Waals surface area contributed by atoms with Gasteiger partial charge >= 0.3 is 0 Å². The summed E-state index contributed by atoms with van der Waals surface area (Å²) in [6, 6.07) is 13.0. The number of aromatic nitrogens is 3. The molecule has 5 rings (SSSR count). The molecule has 2 aromatic heterocycles. The third kappa shape index (κ3) is 3.50. The first-order chi connectivity index (χ1) is 14.6. The molecule has 0 bridgehead atoms. The Morgan fingerprint density at radius 1 is 1.23 bits per heavy atom. The van der Waals surface area contributed by atoms with E-state index in [4.69, 9.17) is 20.5 Å². The lowest BCUT2D eigenvalue weighted by molar-refractivity contribution is 0.0792. The smallest absolute Gasteiger partial charge is 0.295 e. The molecule has 3 heterocycles. The average molecular weight is 424 g/mol. The lowest BCUT2D eigenvalue weighted by Crippen LogP contribution is -2.32. The van der Waals surface area contributed by atoms with Gasteiger partial charge in [-0.2, -0.15) is 9.97 Å². The number of nitrogens with one attached hydrogen (secondary N) is 1. The number of nitrogens with zero attached hydrogens (tertiary/aromatic N) is 4. The molecule has 0 saturated carbocycles. The molecule has 1 saturated heterocycles. The van der Waals surface area contributed by atoms with E-state index in [2.05, 4.69) is 20.4 Å². The van der Waals surface area contributed by atoms with Crippen molar-refractivity contribution in [3.8, 4) is 11.5 Å². The summed E-state index contributed by atoms with van der Waals surface area (Å²) in [5.74, 6) is 0.794. The number of carbonyl (C=O) groups excluding carboxylic acids is 1. The SMILES string of the molecule is Cc1noc(-c2ccccc2C(=O)N2CC[C@@H](Nc3nc4ccc(Cl)cc4o3)C2)n1. The van der Waals surface area contributed by atoms with Crippen LogP contribution in [0.15, 0.2) is 51.4 Å². The van der Waals surface area contributed by atoms with Crippen molar-refractivity contribution >= 4 is 34.6 Å². The van der Waals surface area contributed by atoms with E-state index >= 15 is 0 Å². The largest absolute Gasteiger partial charge is 0.423 e. The number of carbonyl (C=O) groups is 1. The number of benzene rings is 2. The van der Waals surface area contributed by atoms with Gasteiger partial charge in [-0.05, 0) is 37.6 Å². The number of aryl methyl sites for hydroxylation is 1.